The van der Waals surface area contributed by atoms with Crippen molar-refractivity contribution in [3.63, 3.8) is 0 Å². The summed E-state index contributed by atoms with van der Waals surface area (Å²) >= 11 is 0. The molecule has 2 amide bonds. The van der Waals surface area contributed by atoms with Gasteiger partial charge in [-0.25, -0.2) is 0 Å². The number of hydrogen-bond donors (Lipinski definition) is 0. The van der Waals surface area contributed by atoms with E-state index in [1.54, 1.807) is 4.90 Å². The van der Waals surface area contributed by atoms with Crippen LogP contribution in [0.5, 0.6) is 0 Å². The largest absolute Gasteiger partial charge is 0.329 e. The molecule has 5 nitrogen and oxygen atoms in total. The molecular weight excluding hydrogens is 446 g/mol. The van der Waals surface area contributed by atoms with Gasteiger partial charge in [0.2, 0.25) is 5.91 Å². The van der Waals surface area contributed by atoms with Crippen LogP contribution < -0.4 is 4.90 Å². The first-order valence-electron chi connectivity index (χ1n) is 12.6. The highest BCUT2D eigenvalue weighted by atomic mass is 16.2. The van der Waals surface area contributed by atoms with E-state index in [2.05, 4.69) is 48.7 Å². The minimum absolute atomic E-state index is 0.0190. The molecule has 5 rings (SSSR count). The van der Waals surface area contributed by atoms with Gasteiger partial charge in [0, 0.05) is 18.3 Å². The van der Waals surface area contributed by atoms with Crippen LogP contribution in [0.1, 0.15) is 53.0 Å². The first-order valence-corrected chi connectivity index (χ1v) is 12.6. The number of carbonyl (C=O) groups excluding carboxylic acids is 2. The van der Waals surface area contributed by atoms with Gasteiger partial charge in [0.05, 0.1) is 17.1 Å². The molecule has 0 radical (unpaired) electrons. The lowest BCUT2D eigenvalue weighted by Crippen LogP contribution is -2.47. The number of rotatable bonds is 7. The summed E-state index contributed by atoms with van der Waals surface area (Å²) < 4.78 is 2.16. The lowest BCUT2D eigenvalue weighted by molar-refractivity contribution is -0.119. The molecule has 2 heterocycles. The summed E-state index contributed by atoms with van der Waals surface area (Å²) in [6.07, 6.45) is 3.83. The van der Waals surface area contributed by atoms with Crippen LogP contribution in [0.3, 0.4) is 0 Å². The average Bonchev–Trinajstić information content (AvgIpc) is 3.41. The van der Waals surface area contributed by atoms with Crippen LogP contribution >= 0.6 is 0 Å². The number of unbranched alkanes of at least 4 members (excludes halogenated alkanes) is 1. The molecule has 182 valence electrons. The molecular formula is C31H31N3O2. The van der Waals surface area contributed by atoms with Gasteiger partial charge in [-0.05, 0) is 55.3 Å². The molecule has 0 bridgehead atoms. The molecule has 0 saturated heterocycles. The van der Waals surface area contributed by atoms with Crippen LogP contribution in [-0.2, 0) is 4.79 Å². The maximum atomic E-state index is 14.2. The van der Waals surface area contributed by atoms with Crippen LogP contribution in [0.25, 0.3) is 5.69 Å². The van der Waals surface area contributed by atoms with Crippen molar-refractivity contribution in [1.82, 2.24) is 9.47 Å². The van der Waals surface area contributed by atoms with Crippen molar-refractivity contribution < 1.29 is 9.59 Å². The molecule has 0 saturated carbocycles. The van der Waals surface area contributed by atoms with E-state index in [-0.39, 0.29) is 24.4 Å². The second kappa shape index (κ2) is 10.2. The maximum absolute atomic E-state index is 14.2. The number of hydrogen-bond acceptors (Lipinski definition) is 2. The van der Waals surface area contributed by atoms with Crippen LogP contribution in [0.2, 0.25) is 0 Å². The fourth-order valence-corrected chi connectivity index (χ4v) is 4.93. The summed E-state index contributed by atoms with van der Waals surface area (Å²) in [6, 6.07) is 29.4. The molecule has 1 atom stereocenters. The van der Waals surface area contributed by atoms with Gasteiger partial charge in [0.1, 0.15) is 12.6 Å². The Hall–Kier alpha value is -4.12. The van der Waals surface area contributed by atoms with E-state index in [4.69, 9.17) is 0 Å². The first-order chi connectivity index (χ1) is 17.6. The molecule has 3 aromatic carbocycles. The fourth-order valence-electron chi connectivity index (χ4n) is 4.93. The van der Waals surface area contributed by atoms with Gasteiger partial charge in [0.15, 0.2) is 0 Å². The highest BCUT2D eigenvalue weighted by Gasteiger charge is 2.37. The number of aromatic nitrogens is 1. The van der Waals surface area contributed by atoms with E-state index >= 15 is 0 Å². The number of fused-ring (bicyclic) bond motifs is 3. The molecule has 1 unspecified atom stereocenters. The molecule has 36 heavy (non-hydrogen) atoms. The number of amides is 2. The maximum Gasteiger partial charge on any atom is 0.254 e. The zero-order chi connectivity index (χ0) is 25.1. The Morgan fingerprint density at radius 3 is 2.25 bits per heavy atom. The number of nitrogens with zero attached hydrogens (tertiary/aromatic N) is 3. The van der Waals surface area contributed by atoms with Gasteiger partial charge in [0.25, 0.3) is 5.91 Å². The Balaban J connectivity index is 1.55. The Kier molecular flexibility index (Phi) is 6.72. The molecule has 0 fully saturated rings. The second-order valence-corrected chi connectivity index (χ2v) is 9.32. The number of para-hydroxylation sites is 2. The standard InChI is InChI=1S/C31H31N3O2/c1-3-4-20-32(31(36)25-11-6-5-7-12-25)22-29(35)34-27-14-9-8-13-26(27)33-21-10-15-28(33)30(34)24-18-16-23(2)17-19-24/h5-19,21,30H,3-4,20,22H2,1-2H3. The number of benzene rings is 3. The lowest BCUT2D eigenvalue weighted by atomic mass is 9.97. The topological polar surface area (TPSA) is 45.6 Å². The van der Waals surface area contributed by atoms with Crippen molar-refractivity contribution in [2.45, 2.75) is 32.7 Å². The third kappa shape index (κ3) is 4.44. The van der Waals surface area contributed by atoms with Gasteiger partial charge in [-0.1, -0.05) is 73.5 Å². The molecule has 1 aliphatic heterocycles. The van der Waals surface area contributed by atoms with Gasteiger partial charge in [-0.15, -0.1) is 0 Å². The predicted molar refractivity (Wildman–Crippen MR) is 144 cm³/mol. The Morgan fingerprint density at radius 2 is 1.53 bits per heavy atom. The van der Waals surface area contributed by atoms with E-state index in [1.807, 2.05) is 71.8 Å². The second-order valence-electron chi connectivity index (χ2n) is 9.32. The van der Waals surface area contributed by atoms with Gasteiger partial charge in [-0.2, -0.15) is 0 Å². The number of anilines is 1. The van der Waals surface area contributed by atoms with Crippen molar-refractivity contribution in [2.75, 3.05) is 18.0 Å². The van der Waals surface area contributed by atoms with Crippen molar-refractivity contribution in [2.24, 2.45) is 0 Å². The minimum Gasteiger partial charge on any atom is -0.329 e. The normalized spacial score (nSPS) is 14.2. The fraction of sp³-hybridized carbons (Fsp3) is 0.226. The monoisotopic (exact) mass is 477 g/mol. The highest BCUT2D eigenvalue weighted by molar-refractivity contribution is 6.02. The zero-order valence-electron chi connectivity index (χ0n) is 20.8. The smallest absolute Gasteiger partial charge is 0.254 e. The number of carbonyl (C=O) groups is 2. The molecule has 0 N–H and O–H groups in total. The summed E-state index contributed by atoms with van der Waals surface area (Å²) in [5, 5.41) is 0. The molecule has 1 aliphatic rings. The Morgan fingerprint density at radius 1 is 0.833 bits per heavy atom. The Bertz CT molecular complexity index is 1360. The van der Waals surface area contributed by atoms with Crippen LogP contribution in [0, 0.1) is 6.92 Å². The molecule has 1 aromatic heterocycles. The van der Waals surface area contributed by atoms with Crippen LogP contribution in [0.4, 0.5) is 5.69 Å². The third-order valence-electron chi connectivity index (χ3n) is 6.80. The van der Waals surface area contributed by atoms with E-state index in [9.17, 15) is 9.59 Å². The first kappa shape index (κ1) is 23.6. The van der Waals surface area contributed by atoms with Gasteiger partial charge >= 0.3 is 0 Å². The SMILES string of the molecule is CCCCN(CC(=O)N1c2ccccc2-n2cccc2C1c1ccc(C)cc1)C(=O)c1ccccc1. The van der Waals surface area contributed by atoms with E-state index in [0.717, 1.165) is 35.5 Å². The molecule has 0 spiro atoms. The van der Waals surface area contributed by atoms with Crippen molar-refractivity contribution >= 4 is 17.5 Å². The highest BCUT2D eigenvalue weighted by Crippen LogP contribution is 2.42. The summed E-state index contributed by atoms with van der Waals surface area (Å²) in [6.45, 7) is 4.71. The summed E-state index contributed by atoms with van der Waals surface area (Å²) in [7, 11) is 0. The van der Waals surface area contributed by atoms with E-state index in [0.29, 0.717) is 12.1 Å². The molecule has 0 aliphatic carbocycles. The van der Waals surface area contributed by atoms with Crippen molar-refractivity contribution in [3.05, 3.63) is 120 Å². The summed E-state index contributed by atoms with van der Waals surface area (Å²) in [5.74, 6) is -0.209. The molecule has 4 aromatic rings. The van der Waals surface area contributed by atoms with Gasteiger partial charge in [-0.3, -0.25) is 14.5 Å². The minimum atomic E-state index is -0.289. The van der Waals surface area contributed by atoms with Crippen LogP contribution in [0.15, 0.2) is 97.2 Å². The lowest BCUT2D eigenvalue weighted by Gasteiger charge is -2.39. The quantitative estimate of drug-likeness (QED) is 0.320. The van der Waals surface area contributed by atoms with Crippen LogP contribution in [-0.4, -0.2) is 34.4 Å². The van der Waals surface area contributed by atoms with Crippen molar-refractivity contribution in [3.8, 4) is 5.69 Å². The summed E-state index contributed by atoms with van der Waals surface area (Å²) in [4.78, 5) is 31.2. The third-order valence-corrected chi connectivity index (χ3v) is 6.80. The zero-order valence-corrected chi connectivity index (χ0v) is 20.8. The van der Waals surface area contributed by atoms with Gasteiger partial charge < -0.3 is 9.47 Å². The molecule has 5 heteroatoms. The average molecular weight is 478 g/mol. The number of aryl methyl sites for hydroxylation is 1. The predicted octanol–water partition coefficient (Wildman–Crippen LogP) is 6.16. The van der Waals surface area contributed by atoms with Crippen molar-refractivity contribution in [1.29, 1.82) is 0 Å². The van der Waals surface area contributed by atoms with E-state index in [1.165, 1.54) is 5.56 Å². The summed E-state index contributed by atoms with van der Waals surface area (Å²) in [5.41, 5.74) is 5.65. The van der Waals surface area contributed by atoms with E-state index < -0.39 is 0 Å². The Labute approximate surface area is 212 Å².